The number of hydrogen-bond donors (Lipinski definition) is 1. The van der Waals surface area contributed by atoms with Gasteiger partial charge in [0.05, 0.1) is 23.7 Å². The monoisotopic (exact) mass is 328 g/mol. The number of rotatable bonds is 5. The lowest BCUT2D eigenvalue weighted by Crippen LogP contribution is -2.27. The number of thiazole rings is 1. The molecule has 3 aromatic rings. The summed E-state index contributed by atoms with van der Waals surface area (Å²) in [6.45, 7) is 3.63. The summed E-state index contributed by atoms with van der Waals surface area (Å²) in [6, 6.07) is 9.56. The number of nitrogens with one attached hydrogen (secondary N) is 1. The summed E-state index contributed by atoms with van der Waals surface area (Å²) in [5.74, 6) is 0.819. The first-order valence-corrected chi connectivity index (χ1v) is 8.09. The lowest BCUT2D eigenvalue weighted by molar-refractivity contribution is 0.0941. The minimum absolute atomic E-state index is 0.174. The maximum atomic E-state index is 12.2. The van der Waals surface area contributed by atoms with E-state index in [1.165, 1.54) is 11.3 Å². The Morgan fingerprint density at radius 1 is 1.35 bits per heavy atom. The van der Waals surface area contributed by atoms with E-state index in [0.717, 1.165) is 11.3 Å². The van der Waals surface area contributed by atoms with Gasteiger partial charge in [0.25, 0.3) is 5.91 Å². The zero-order chi connectivity index (χ0) is 16.2. The van der Waals surface area contributed by atoms with E-state index in [2.05, 4.69) is 20.4 Å². The van der Waals surface area contributed by atoms with Crippen molar-refractivity contribution < 1.29 is 9.32 Å². The van der Waals surface area contributed by atoms with Gasteiger partial charge in [-0.1, -0.05) is 35.5 Å². The van der Waals surface area contributed by atoms with Crippen LogP contribution in [0.25, 0.3) is 0 Å². The predicted octanol–water partition coefficient (Wildman–Crippen LogP) is 2.92. The smallest absolute Gasteiger partial charge is 0.263 e. The van der Waals surface area contributed by atoms with Crippen molar-refractivity contribution in [2.24, 2.45) is 0 Å². The predicted molar refractivity (Wildman–Crippen MR) is 86.3 cm³/mol. The number of carbonyl (C=O) groups excluding carboxylic acids is 1. The molecule has 118 valence electrons. The molecule has 0 saturated carbocycles. The molecule has 2 heterocycles. The summed E-state index contributed by atoms with van der Waals surface area (Å²) in [7, 11) is 0. The molecule has 0 fully saturated rings. The number of benzene rings is 1. The number of carbonyl (C=O) groups is 1. The molecule has 0 aliphatic rings. The van der Waals surface area contributed by atoms with Gasteiger partial charge in [0.15, 0.2) is 5.82 Å². The Morgan fingerprint density at radius 2 is 2.13 bits per heavy atom. The zero-order valence-electron chi connectivity index (χ0n) is 12.8. The third-order valence-corrected chi connectivity index (χ3v) is 4.30. The Kier molecular flexibility index (Phi) is 4.47. The van der Waals surface area contributed by atoms with Crippen LogP contribution < -0.4 is 5.32 Å². The van der Waals surface area contributed by atoms with Crippen molar-refractivity contribution in [2.75, 3.05) is 0 Å². The van der Waals surface area contributed by atoms with Gasteiger partial charge in [0.1, 0.15) is 4.88 Å². The van der Waals surface area contributed by atoms with Gasteiger partial charge in [-0.15, -0.1) is 11.3 Å². The van der Waals surface area contributed by atoms with E-state index in [0.29, 0.717) is 23.0 Å². The first kappa shape index (κ1) is 15.4. The van der Waals surface area contributed by atoms with E-state index in [-0.39, 0.29) is 11.9 Å². The highest BCUT2D eigenvalue weighted by Gasteiger charge is 2.19. The van der Waals surface area contributed by atoms with Crippen LogP contribution >= 0.6 is 11.3 Å². The van der Waals surface area contributed by atoms with Crippen LogP contribution in [0.4, 0.5) is 0 Å². The summed E-state index contributed by atoms with van der Waals surface area (Å²) in [6.07, 6.45) is 0.572. The standard InChI is InChI=1S/C16H16N4O2S/c1-10-14(23-9-17-10)16(21)18-11(2)15-19-13(22-20-15)8-12-6-4-3-5-7-12/h3-7,9,11H,8H2,1-2H3,(H,18,21)/t11-/m0/s1. The highest BCUT2D eigenvalue weighted by atomic mass is 32.1. The first-order valence-electron chi connectivity index (χ1n) is 7.21. The highest BCUT2D eigenvalue weighted by Crippen LogP contribution is 2.16. The fourth-order valence-corrected chi connectivity index (χ4v) is 2.84. The Bertz CT molecular complexity index is 797. The molecule has 0 unspecified atom stereocenters. The fourth-order valence-electron chi connectivity index (χ4n) is 2.13. The minimum Gasteiger partial charge on any atom is -0.341 e. The lowest BCUT2D eigenvalue weighted by atomic mass is 10.1. The molecule has 0 aliphatic heterocycles. The number of hydrogen-bond acceptors (Lipinski definition) is 6. The number of aryl methyl sites for hydroxylation is 1. The highest BCUT2D eigenvalue weighted by molar-refractivity contribution is 7.11. The summed E-state index contributed by atoms with van der Waals surface area (Å²) in [4.78, 5) is 21.2. The van der Waals surface area contributed by atoms with Crippen molar-refractivity contribution >= 4 is 17.2 Å². The Morgan fingerprint density at radius 3 is 2.83 bits per heavy atom. The van der Waals surface area contributed by atoms with Gasteiger partial charge in [0, 0.05) is 0 Å². The first-order chi connectivity index (χ1) is 11.1. The van der Waals surface area contributed by atoms with E-state index in [9.17, 15) is 4.79 Å². The van der Waals surface area contributed by atoms with Crippen molar-refractivity contribution in [3.8, 4) is 0 Å². The van der Waals surface area contributed by atoms with Gasteiger partial charge >= 0.3 is 0 Å². The van der Waals surface area contributed by atoms with Crippen LogP contribution in [-0.4, -0.2) is 21.0 Å². The van der Waals surface area contributed by atoms with Crippen molar-refractivity contribution in [3.63, 3.8) is 0 Å². The Hall–Kier alpha value is -2.54. The van der Waals surface area contributed by atoms with Crippen molar-refractivity contribution in [2.45, 2.75) is 26.3 Å². The summed E-state index contributed by atoms with van der Waals surface area (Å²) in [5, 5.41) is 6.82. The largest absolute Gasteiger partial charge is 0.341 e. The second kappa shape index (κ2) is 6.70. The van der Waals surface area contributed by atoms with Crippen molar-refractivity contribution in [3.05, 3.63) is 63.7 Å². The second-order valence-corrected chi connectivity index (χ2v) is 6.03. The maximum Gasteiger partial charge on any atom is 0.263 e. The molecule has 0 spiro atoms. The molecular formula is C16H16N4O2S. The molecule has 3 rings (SSSR count). The third kappa shape index (κ3) is 3.62. The van der Waals surface area contributed by atoms with Crippen LogP contribution in [0.3, 0.4) is 0 Å². The molecule has 0 radical (unpaired) electrons. The SMILES string of the molecule is Cc1ncsc1C(=O)N[C@@H](C)c1noc(Cc2ccccc2)n1. The molecule has 1 aromatic carbocycles. The van der Waals surface area contributed by atoms with Gasteiger partial charge in [0.2, 0.25) is 5.89 Å². The molecule has 7 heteroatoms. The average Bonchev–Trinajstić information content (AvgIpc) is 3.17. The van der Waals surface area contributed by atoms with Gasteiger partial charge in [-0.05, 0) is 19.4 Å². The van der Waals surface area contributed by atoms with Crippen LogP contribution in [0.2, 0.25) is 0 Å². The zero-order valence-corrected chi connectivity index (χ0v) is 13.6. The van der Waals surface area contributed by atoms with Crippen LogP contribution in [0, 0.1) is 6.92 Å². The third-order valence-electron chi connectivity index (χ3n) is 3.37. The molecule has 1 atom stereocenters. The van der Waals surface area contributed by atoms with Crippen LogP contribution in [-0.2, 0) is 6.42 Å². The van der Waals surface area contributed by atoms with E-state index in [1.54, 1.807) is 5.51 Å². The topological polar surface area (TPSA) is 80.9 Å². The second-order valence-electron chi connectivity index (χ2n) is 5.17. The van der Waals surface area contributed by atoms with Crippen molar-refractivity contribution in [1.82, 2.24) is 20.4 Å². The molecular weight excluding hydrogens is 312 g/mol. The van der Waals surface area contributed by atoms with E-state index < -0.39 is 0 Å². The van der Waals surface area contributed by atoms with Gasteiger partial charge in [-0.2, -0.15) is 4.98 Å². The van der Waals surface area contributed by atoms with Gasteiger partial charge in [-0.25, -0.2) is 4.98 Å². The molecule has 1 N–H and O–H groups in total. The molecule has 0 aliphatic carbocycles. The summed E-state index contributed by atoms with van der Waals surface area (Å²) >= 11 is 1.31. The quantitative estimate of drug-likeness (QED) is 0.779. The Labute approximate surface area is 137 Å². The van der Waals surface area contributed by atoms with Crippen LogP contribution in [0.1, 0.15) is 45.6 Å². The fraction of sp³-hybridized carbons (Fsp3) is 0.250. The Balaban J connectivity index is 1.65. The molecule has 0 bridgehead atoms. The van der Waals surface area contributed by atoms with Gasteiger partial charge < -0.3 is 9.84 Å². The molecule has 0 saturated heterocycles. The van der Waals surface area contributed by atoms with E-state index in [4.69, 9.17) is 4.52 Å². The maximum absolute atomic E-state index is 12.2. The molecule has 23 heavy (non-hydrogen) atoms. The van der Waals surface area contributed by atoms with Gasteiger partial charge in [-0.3, -0.25) is 4.79 Å². The number of amides is 1. The summed E-state index contributed by atoms with van der Waals surface area (Å²) < 4.78 is 5.26. The lowest BCUT2D eigenvalue weighted by Gasteiger charge is -2.08. The normalized spacial score (nSPS) is 12.1. The van der Waals surface area contributed by atoms with Crippen LogP contribution in [0.5, 0.6) is 0 Å². The number of nitrogens with zero attached hydrogens (tertiary/aromatic N) is 3. The molecule has 2 aromatic heterocycles. The number of aromatic nitrogens is 3. The van der Waals surface area contributed by atoms with Crippen molar-refractivity contribution in [1.29, 1.82) is 0 Å². The molecule has 6 nitrogen and oxygen atoms in total. The van der Waals surface area contributed by atoms with E-state index >= 15 is 0 Å². The minimum atomic E-state index is -0.336. The van der Waals surface area contributed by atoms with E-state index in [1.807, 2.05) is 44.2 Å². The summed E-state index contributed by atoms with van der Waals surface area (Å²) in [5.41, 5.74) is 3.47. The average molecular weight is 328 g/mol. The molecule has 1 amide bonds. The van der Waals surface area contributed by atoms with Crippen LogP contribution in [0.15, 0.2) is 40.4 Å².